The molecule has 0 aromatic heterocycles. The third-order valence-corrected chi connectivity index (χ3v) is 6.19. The van der Waals surface area contributed by atoms with Crippen LogP contribution in [-0.2, 0) is 12.8 Å². The number of rotatable bonds is 13. The molecule has 184 valence electrons. The van der Waals surface area contributed by atoms with E-state index < -0.39 is 5.91 Å². The molecular formula is C26H34FN3O4. The highest BCUT2D eigenvalue weighted by molar-refractivity contribution is 6.00. The number of hydrogen-bond acceptors (Lipinski definition) is 6. The van der Waals surface area contributed by atoms with Gasteiger partial charge in [-0.15, -0.1) is 0 Å². The number of anilines is 1. The molecule has 0 bridgehead atoms. The van der Waals surface area contributed by atoms with Crippen molar-refractivity contribution in [2.75, 3.05) is 37.7 Å². The maximum Gasteiger partial charge on any atom is 0.250 e. The molecule has 0 unspecified atom stereocenters. The predicted octanol–water partition coefficient (Wildman–Crippen LogP) is 2.81. The summed E-state index contributed by atoms with van der Waals surface area (Å²) in [4.78, 5) is 14.3. The lowest BCUT2D eigenvalue weighted by Crippen LogP contribution is -2.32. The van der Waals surface area contributed by atoms with Crippen LogP contribution < -0.4 is 25.4 Å². The number of nitrogens with zero attached hydrogens (tertiary/aromatic N) is 1. The van der Waals surface area contributed by atoms with Gasteiger partial charge in [-0.2, -0.15) is 0 Å². The Labute approximate surface area is 200 Å². The average molecular weight is 472 g/mol. The molecule has 34 heavy (non-hydrogen) atoms. The number of halogens is 1. The SMILES string of the molecule is C[C@H](Cc1cc2c(c(C(N)=O)c1)N(CCCO)CC2)NCCOc1cc(F)ccc1OC1CC1. The second-order valence-corrected chi connectivity index (χ2v) is 9.15. The summed E-state index contributed by atoms with van der Waals surface area (Å²) in [6.45, 7) is 4.70. The van der Waals surface area contributed by atoms with Crippen LogP contribution in [0.4, 0.5) is 10.1 Å². The molecule has 2 aromatic carbocycles. The van der Waals surface area contributed by atoms with Gasteiger partial charge in [-0.1, -0.05) is 6.07 Å². The monoisotopic (exact) mass is 471 g/mol. The van der Waals surface area contributed by atoms with Crippen molar-refractivity contribution in [1.29, 1.82) is 0 Å². The largest absolute Gasteiger partial charge is 0.488 e. The summed E-state index contributed by atoms with van der Waals surface area (Å²) in [7, 11) is 0. The van der Waals surface area contributed by atoms with E-state index in [0.29, 0.717) is 43.2 Å². The summed E-state index contributed by atoms with van der Waals surface area (Å²) in [6.07, 6.45) is 4.52. The fourth-order valence-electron chi connectivity index (χ4n) is 4.43. The number of aliphatic hydroxyl groups excluding tert-OH is 1. The van der Waals surface area contributed by atoms with Crippen molar-refractivity contribution in [3.63, 3.8) is 0 Å². The molecule has 0 radical (unpaired) electrons. The van der Waals surface area contributed by atoms with Crippen LogP contribution in [-0.4, -0.2) is 56.0 Å². The highest BCUT2D eigenvalue weighted by Crippen LogP contribution is 2.35. The number of carbonyl (C=O) groups is 1. The van der Waals surface area contributed by atoms with Gasteiger partial charge in [-0.3, -0.25) is 4.79 Å². The van der Waals surface area contributed by atoms with E-state index in [2.05, 4.69) is 23.2 Å². The Morgan fingerprint density at radius 1 is 1.29 bits per heavy atom. The van der Waals surface area contributed by atoms with E-state index >= 15 is 0 Å². The number of primary amides is 1. The number of carbonyl (C=O) groups excluding carboxylic acids is 1. The molecule has 1 heterocycles. The Hall–Kier alpha value is -2.84. The van der Waals surface area contributed by atoms with Crippen molar-refractivity contribution in [3.05, 3.63) is 52.8 Å². The maximum atomic E-state index is 13.7. The first-order chi connectivity index (χ1) is 16.4. The lowest BCUT2D eigenvalue weighted by atomic mass is 9.98. The zero-order chi connectivity index (χ0) is 24.1. The molecule has 2 aliphatic rings. The Morgan fingerprint density at radius 2 is 2.12 bits per heavy atom. The average Bonchev–Trinajstić information content (AvgIpc) is 3.53. The third kappa shape index (κ3) is 6.18. The zero-order valence-electron chi connectivity index (χ0n) is 19.7. The summed E-state index contributed by atoms with van der Waals surface area (Å²) in [5.41, 5.74) is 9.36. The van der Waals surface area contributed by atoms with Crippen LogP contribution in [0.1, 0.15) is 47.7 Å². The van der Waals surface area contributed by atoms with Crippen LogP contribution >= 0.6 is 0 Å². The molecule has 1 aliphatic heterocycles. The molecule has 8 heteroatoms. The summed E-state index contributed by atoms with van der Waals surface area (Å²) in [5.74, 6) is 0.234. The van der Waals surface area contributed by atoms with Gasteiger partial charge >= 0.3 is 0 Å². The van der Waals surface area contributed by atoms with Crippen molar-refractivity contribution < 1.29 is 23.8 Å². The lowest BCUT2D eigenvalue weighted by Gasteiger charge is -2.22. The second-order valence-electron chi connectivity index (χ2n) is 9.15. The second kappa shape index (κ2) is 11.1. The molecule has 1 amide bonds. The standard InChI is InChI=1S/C26H34FN3O4/c1-17(29-8-12-33-24-16-20(27)3-6-23(24)34-21-4-5-21)13-18-14-19-7-10-30(9-2-11-31)25(19)22(15-18)26(28)32/h3,6,14-17,21,29,31H,2,4-5,7-13H2,1H3,(H2,28,32)/t17-/m1/s1. The van der Waals surface area contributed by atoms with E-state index in [0.717, 1.165) is 49.0 Å². The molecule has 4 rings (SSSR count). The van der Waals surface area contributed by atoms with Crippen LogP contribution in [0.25, 0.3) is 0 Å². The normalized spacial score (nSPS) is 15.8. The van der Waals surface area contributed by atoms with Gasteiger partial charge in [-0.05, 0) is 68.4 Å². The fraction of sp³-hybridized carbons (Fsp3) is 0.500. The first kappa shape index (κ1) is 24.3. The maximum absolute atomic E-state index is 13.7. The number of hydrogen-bond donors (Lipinski definition) is 3. The van der Waals surface area contributed by atoms with E-state index in [1.54, 1.807) is 6.07 Å². The Bertz CT molecular complexity index is 1010. The van der Waals surface area contributed by atoms with E-state index in [1.165, 1.54) is 12.1 Å². The van der Waals surface area contributed by atoms with Gasteiger partial charge in [-0.25, -0.2) is 4.39 Å². The smallest absolute Gasteiger partial charge is 0.250 e. The number of nitrogens with two attached hydrogens (primary N) is 1. The van der Waals surface area contributed by atoms with Gasteiger partial charge in [0.05, 0.1) is 17.4 Å². The molecule has 1 atom stereocenters. The van der Waals surface area contributed by atoms with Crippen LogP contribution in [0, 0.1) is 5.82 Å². The van der Waals surface area contributed by atoms with E-state index in [9.17, 15) is 9.18 Å². The quantitative estimate of drug-likeness (QED) is 0.389. The van der Waals surface area contributed by atoms with Crippen molar-refractivity contribution in [1.82, 2.24) is 5.32 Å². The number of benzene rings is 2. The highest BCUT2D eigenvalue weighted by atomic mass is 19.1. The van der Waals surface area contributed by atoms with Crippen LogP contribution in [0.15, 0.2) is 30.3 Å². The fourth-order valence-corrected chi connectivity index (χ4v) is 4.43. The number of ether oxygens (including phenoxy) is 2. The molecule has 2 aromatic rings. The molecule has 1 fully saturated rings. The third-order valence-electron chi connectivity index (χ3n) is 6.19. The summed E-state index contributed by atoms with van der Waals surface area (Å²) >= 11 is 0. The number of fused-ring (bicyclic) bond motifs is 1. The minimum atomic E-state index is -0.428. The molecule has 4 N–H and O–H groups in total. The Balaban J connectivity index is 1.31. The Morgan fingerprint density at radius 3 is 2.85 bits per heavy atom. The van der Waals surface area contributed by atoms with Gasteiger partial charge in [0.2, 0.25) is 0 Å². The summed E-state index contributed by atoms with van der Waals surface area (Å²) < 4.78 is 25.2. The molecule has 0 spiro atoms. The predicted molar refractivity (Wildman–Crippen MR) is 129 cm³/mol. The molecule has 1 aliphatic carbocycles. The topological polar surface area (TPSA) is 97.1 Å². The number of aliphatic hydroxyl groups is 1. The van der Waals surface area contributed by atoms with E-state index in [-0.39, 0.29) is 24.6 Å². The van der Waals surface area contributed by atoms with Crippen molar-refractivity contribution in [2.24, 2.45) is 5.73 Å². The van der Waals surface area contributed by atoms with Crippen molar-refractivity contribution in [3.8, 4) is 11.5 Å². The first-order valence-electron chi connectivity index (χ1n) is 12.1. The van der Waals surface area contributed by atoms with E-state index in [1.807, 2.05) is 6.07 Å². The van der Waals surface area contributed by atoms with Gasteiger partial charge in [0, 0.05) is 38.3 Å². The van der Waals surface area contributed by atoms with Gasteiger partial charge < -0.3 is 30.5 Å². The number of nitrogens with one attached hydrogen (secondary N) is 1. The summed E-state index contributed by atoms with van der Waals surface area (Å²) in [6, 6.07) is 8.55. The minimum absolute atomic E-state index is 0.122. The number of amides is 1. The summed E-state index contributed by atoms with van der Waals surface area (Å²) in [5, 5.41) is 12.6. The molecule has 1 saturated carbocycles. The van der Waals surface area contributed by atoms with Gasteiger partial charge in [0.15, 0.2) is 11.5 Å². The molecular weight excluding hydrogens is 437 g/mol. The minimum Gasteiger partial charge on any atom is -0.488 e. The molecule has 7 nitrogen and oxygen atoms in total. The van der Waals surface area contributed by atoms with Crippen molar-refractivity contribution in [2.45, 2.75) is 51.2 Å². The lowest BCUT2D eigenvalue weighted by molar-refractivity contribution is 0.100. The highest BCUT2D eigenvalue weighted by Gasteiger charge is 2.26. The van der Waals surface area contributed by atoms with Gasteiger partial charge in [0.25, 0.3) is 5.91 Å². The van der Waals surface area contributed by atoms with Crippen LogP contribution in [0.5, 0.6) is 11.5 Å². The van der Waals surface area contributed by atoms with Gasteiger partial charge in [0.1, 0.15) is 12.4 Å². The molecule has 0 saturated heterocycles. The van der Waals surface area contributed by atoms with Crippen molar-refractivity contribution >= 4 is 11.6 Å². The van der Waals surface area contributed by atoms with Crippen LogP contribution in [0.2, 0.25) is 0 Å². The zero-order valence-corrected chi connectivity index (χ0v) is 19.7. The van der Waals surface area contributed by atoms with Crippen LogP contribution in [0.3, 0.4) is 0 Å². The first-order valence-corrected chi connectivity index (χ1v) is 12.1. The van der Waals surface area contributed by atoms with E-state index in [4.69, 9.17) is 20.3 Å². The Kier molecular flexibility index (Phi) is 7.90.